The number of hydrogen-bond acceptors (Lipinski definition) is 5. The van der Waals surface area contributed by atoms with Gasteiger partial charge in [0, 0.05) is 6.20 Å². The van der Waals surface area contributed by atoms with E-state index in [2.05, 4.69) is 5.10 Å². The zero-order chi connectivity index (χ0) is 19.2. The first-order chi connectivity index (χ1) is 13.0. The Labute approximate surface area is 154 Å². The summed E-state index contributed by atoms with van der Waals surface area (Å²) in [6.07, 6.45) is 1.48. The molecule has 0 aliphatic carbocycles. The fraction of sp³-hybridized carbons (Fsp3) is 0.105. The Morgan fingerprint density at radius 3 is 2.70 bits per heavy atom. The number of ether oxygens (including phenoxy) is 2. The Morgan fingerprint density at radius 2 is 1.93 bits per heavy atom. The van der Waals surface area contributed by atoms with E-state index in [4.69, 9.17) is 15.2 Å². The van der Waals surface area contributed by atoms with Gasteiger partial charge < -0.3 is 15.2 Å². The summed E-state index contributed by atoms with van der Waals surface area (Å²) in [6.45, 7) is -0.254. The summed E-state index contributed by atoms with van der Waals surface area (Å²) in [6, 6.07) is 14.3. The molecule has 27 heavy (non-hydrogen) atoms. The van der Waals surface area contributed by atoms with Gasteiger partial charge in [0.1, 0.15) is 23.9 Å². The summed E-state index contributed by atoms with van der Waals surface area (Å²) in [4.78, 5) is 22.9. The predicted molar refractivity (Wildman–Crippen MR) is 93.8 cm³/mol. The summed E-state index contributed by atoms with van der Waals surface area (Å²) in [5, 5.41) is 4.05. The highest BCUT2D eigenvalue weighted by atomic mass is 19.1. The number of nitrogens with two attached hydrogens (primary N) is 1. The largest absolute Gasteiger partial charge is 0.484 e. The first-order valence-electron chi connectivity index (χ1n) is 8.00. The molecule has 0 atom stereocenters. The Balaban J connectivity index is 1.63. The Hall–Kier alpha value is -3.68. The van der Waals surface area contributed by atoms with Crippen molar-refractivity contribution in [3.8, 4) is 11.4 Å². The highest BCUT2D eigenvalue weighted by molar-refractivity contribution is 5.87. The van der Waals surface area contributed by atoms with Gasteiger partial charge in [0.05, 0.1) is 0 Å². The van der Waals surface area contributed by atoms with Crippen molar-refractivity contribution in [1.29, 1.82) is 0 Å². The van der Waals surface area contributed by atoms with Gasteiger partial charge in [-0.15, -0.1) is 0 Å². The fourth-order valence-corrected chi connectivity index (χ4v) is 2.31. The minimum Gasteiger partial charge on any atom is -0.484 e. The van der Waals surface area contributed by atoms with E-state index in [1.807, 2.05) is 0 Å². The molecule has 0 saturated carbocycles. The summed E-state index contributed by atoms with van der Waals surface area (Å²) < 4.78 is 25.5. The monoisotopic (exact) mass is 369 g/mol. The van der Waals surface area contributed by atoms with Gasteiger partial charge in [-0.25, -0.2) is 13.9 Å². The van der Waals surface area contributed by atoms with Crippen molar-refractivity contribution in [2.24, 2.45) is 5.73 Å². The maximum absolute atomic E-state index is 13.8. The van der Waals surface area contributed by atoms with Gasteiger partial charge in [0.25, 0.3) is 5.91 Å². The van der Waals surface area contributed by atoms with E-state index in [1.54, 1.807) is 42.5 Å². The number of carbonyl (C=O) groups excluding carboxylic acids is 2. The number of nitrogens with zero attached hydrogens (tertiary/aromatic N) is 2. The highest BCUT2D eigenvalue weighted by Crippen LogP contribution is 2.15. The van der Waals surface area contributed by atoms with Gasteiger partial charge in [0.15, 0.2) is 12.3 Å². The van der Waals surface area contributed by atoms with Crippen molar-refractivity contribution in [3.63, 3.8) is 0 Å². The maximum Gasteiger partial charge on any atom is 0.359 e. The number of amides is 1. The molecule has 2 aromatic carbocycles. The molecule has 0 spiro atoms. The minimum atomic E-state index is -0.645. The van der Waals surface area contributed by atoms with Crippen molar-refractivity contribution in [2.75, 3.05) is 6.61 Å². The van der Waals surface area contributed by atoms with Gasteiger partial charge in [-0.05, 0) is 35.9 Å². The Bertz CT molecular complexity index is 971. The number of primary amides is 1. The van der Waals surface area contributed by atoms with Crippen LogP contribution in [0.25, 0.3) is 5.69 Å². The van der Waals surface area contributed by atoms with Crippen LogP contribution in [0, 0.1) is 5.82 Å². The van der Waals surface area contributed by atoms with Crippen LogP contribution in [0.15, 0.2) is 60.8 Å². The molecule has 7 nitrogen and oxygen atoms in total. The zero-order valence-electron chi connectivity index (χ0n) is 14.2. The Morgan fingerprint density at radius 1 is 1.11 bits per heavy atom. The van der Waals surface area contributed by atoms with Crippen LogP contribution in [0.5, 0.6) is 5.75 Å². The number of esters is 1. The number of benzene rings is 2. The van der Waals surface area contributed by atoms with Crippen LogP contribution in [0.3, 0.4) is 0 Å². The molecule has 2 N–H and O–H groups in total. The lowest BCUT2D eigenvalue weighted by Crippen LogP contribution is -2.20. The summed E-state index contributed by atoms with van der Waals surface area (Å²) in [7, 11) is 0. The number of aromatic nitrogens is 2. The van der Waals surface area contributed by atoms with Crippen molar-refractivity contribution < 1.29 is 23.5 Å². The molecule has 1 amide bonds. The third-order valence-corrected chi connectivity index (χ3v) is 3.55. The van der Waals surface area contributed by atoms with Crippen molar-refractivity contribution >= 4 is 11.9 Å². The molecule has 0 fully saturated rings. The molecule has 3 aromatic rings. The predicted octanol–water partition coefficient (Wildman–Crippen LogP) is 2.23. The van der Waals surface area contributed by atoms with Gasteiger partial charge in [-0.3, -0.25) is 4.79 Å². The minimum absolute atomic E-state index is 0.0147. The second-order valence-corrected chi connectivity index (χ2v) is 5.58. The Kier molecular flexibility index (Phi) is 5.46. The first-order valence-corrected chi connectivity index (χ1v) is 8.00. The van der Waals surface area contributed by atoms with Gasteiger partial charge in [-0.1, -0.05) is 24.3 Å². The SMILES string of the molecule is NC(=O)COc1cccc(COC(=O)c2ccn(-c3ccccc3F)n2)c1. The molecular formula is C19H16FN3O4. The van der Waals surface area contributed by atoms with Crippen LogP contribution in [0.1, 0.15) is 16.1 Å². The van der Waals surface area contributed by atoms with Crippen molar-refractivity contribution in [1.82, 2.24) is 9.78 Å². The number of halogens is 1. The average Bonchev–Trinajstić information content (AvgIpc) is 3.15. The number of para-hydroxylation sites is 1. The van der Waals surface area contributed by atoms with Crippen LogP contribution >= 0.6 is 0 Å². The summed E-state index contributed by atoms with van der Waals surface area (Å²) >= 11 is 0. The lowest BCUT2D eigenvalue weighted by Gasteiger charge is -2.07. The highest BCUT2D eigenvalue weighted by Gasteiger charge is 2.13. The number of hydrogen-bond donors (Lipinski definition) is 1. The third-order valence-electron chi connectivity index (χ3n) is 3.55. The normalized spacial score (nSPS) is 10.4. The number of rotatable bonds is 7. The maximum atomic E-state index is 13.8. The molecule has 8 heteroatoms. The lowest BCUT2D eigenvalue weighted by atomic mass is 10.2. The van der Waals surface area contributed by atoms with E-state index in [0.717, 1.165) is 0 Å². The summed E-state index contributed by atoms with van der Waals surface area (Å²) in [5.41, 5.74) is 5.98. The van der Waals surface area contributed by atoms with Gasteiger partial charge in [0.2, 0.25) is 0 Å². The molecule has 0 radical (unpaired) electrons. The molecule has 138 valence electrons. The third kappa shape index (κ3) is 4.69. The molecule has 1 aromatic heterocycles. The smallest absolute Gasteiger partial charge is 0.359 e. The number of carbonyl (C=O) groups is 2. The quantitative estimate of drug-likeness (QED) is 0.644. The molecule has 0 aliphatic heterocycles. The molecule has 1 heterocycles. The van der Waals surface area contributed by atoms with Crippen LogP contribution < -0.4 is 10.5 Å². The van der Waals surface area contributed by atoms with E-state index in [-0.39, 0.29) is 24.6 Å². The fourth-order valence-electron chi connectivity index (χ4n) is 2.31. The van der Waals surface area contributed by atoms with Crippen LogP contribution in [0.4, 0.5) is 4.39 Å². The first kappa shape index (κ1) is 18.1. The molecule has 0 saturated heterocycles. The molecular weight excluding hydrogens is 353 g/mol. The second kappa shape index (κ2) is 8.13. The van der Waals surface area contributed by atoms with E-state index in [1.165, 1.54) is 23.0 Å². The summed E-state index contributed by atoms with van der Waals surface area (Å²) in [5.74, 6) is -1.25. The molecule has 3 rings (SSSR count). The van der Waals surface area contributed by atoms with Gasteiger partial charge >= 0.3 is 5.97 Å². The van der Waals surface area contributed by atoms with E-state index >= 15 is 0 Å². The van der Waals surface area contributed by atoms with E-state index in [0.29, 0.717) is 11.3 Å². The lowest BCUT2D eigenvalue weighted by molar-refractivity contribution is -0.119. The average molecular weight is 369 g/mol. The van der Waals surface area contributed by atoms with Gasteiger partial charge in [-0.2, -0.15) is 5.10 Å². The second-order valence-electron chi connectivity index (χ2n) is 5.58. The van der Waals surface area contributed by atoms with Crippen LogP contribution in [-0.4, -0.2) is 28.3 Å². The van der Waals surface area contributed by atoms with Crippen LogP contribution in [-0.2, 0) is 16.1 Å². The van der Waals surface area contributed by atoms with E-state index in [9.17, 15) is 14.0 Å². The van der Waals surface area contributed by atoms with Crippen molar-refractivity contribution in [2.45, 2.75) is 6.61 Å². The zero-order valence-corrected chi connectivity index (χ0v) is 14.2. The van der Waals surface area contributed by atoms with Crippen LogP contribution in [0.2, 0.25) is 0 Å². The van der Waals surface area contributed by atoms with Crippen molar-refractivity contribution in [3.05, 3.63) is 77.9 Å². The molecule has 0 bridgehead atoms. The topological polar surface area (TPSA) is 96.4 Å². The molecule has 0 unspecified atom stereocenters. The standard InChI is InChI=1S/C19H16FN3O4/c20-15-6-1-2-7-17(15)23-9-8-16(22-23)19(25)27-11-13-4-3-5-14(10-13)26-12-18(21)24/h1-10H,11-12H2,(H2,21,24). The molecule has 0 aliphatic rings. The van der Waals surface area contributed by atoms with E-state index < -0.39 is 17.7 Å².